The van der Waals surface area contributed by atoms with E-state index >= 15 is 0 Å². The van der Waals surface area contributed by atoms with Crippen LogP contribution in [0.15, 0.2) is 24.3 Å². The number of benzene rings is 1. The highest BCUT2D eigenvalue weighted by atomic mass is 19.1. The zero-order chi connectivity index (χ0) is 29.7. The Morgan fingerprint density at radius 3 is 2.14 bits per heavy atom. The van der Waals surface area contributed by atoms with Gasteiger partial charge in [-0.25, -0.2) is 9.18 Å². The molecule has 0 radical (unpaired) electrons. The number of nitrogens with one attached hydrogen (secondary N) is 2. The van der Waals surface area contributed by atoms with Crippen LogP contribution in [0.5, 0.6) is 0 Å². The number of halogens is 1. The summed E-state index contributed by atoms with van der Waals surface area (Å²) in [6.45, 7) is 6.87. The molecular weight excluding hydrogens is 531 g/mol. The highest BCUT2D eigenvalue weighted by Crippen LogP contribution is 2.52. The minimum Gasteiger partial charge on any atom is -0.390 e. The van der Waals surface area contributed by atoms with Crippen LogP contribution in [0.25, 0.3) is 0 Å². The molecule has 1 aromatic rings. The van der Waals surface area contributed by atoms with Gasteiger partial charge in [-0.2, -0.15) is 0 Å². The second-order valence-electron chi connectivity index (χ2n) is 13.9. The van der Waals surface area contributed by atoms with Gasteiger partial charge in [0.2, 0.25) is 5.91 Å². The summed E-state index contributed by atoms with van der Waals surface area (Å²) in [5, 5.41) is 17.4. The van der Waals surface area contributed by atoms with E-state index < -0.39 is 11.6 Å². The largest absolute Gasteiger partial charge is 0.390 e. The fraction of sp³-hybridized carbons (Fsp3) is 0.765. The fourth-order valence-corrected chi connectivity index (χ4v) is 7.85. The summed E-state index contributed by atoms with van der Waals surface area (Å²) in [5.74, 6) is 0.319. The minimum atomic E-state index is -0.702. The standard InChI is InChI=1S/C34H53FN4O3/c1-3-28-23-39(24-29(4-2)36-28)32(41)37-30(22-25-10-12-27(35)13-11-25)31(40)38-20-18-33(19-21-38,14-15-34(42)16-17-34)26-8-6-5-7-9-26/h10-13,26,28-30,36,42H,3-9,14-24H2,1-2H3,(H,37,41)/t28?,29?,30-/m1/s1. The number of hydrogen-bond donors (Lipinski definition) is 3. The second-order valence-corrected chi connectivity index (χ2v) is 13.9. The van der Waals surface area contributed by atoms with Gasteiger partial charge in [-0.05, 0) is 93.2 Å². The topological polar surface area (TPSA) is 84.9 Å². The number of amides is 3. The summed E-state index contributed by atoms with van der Waals surface area (Å²) in [4.78, 5) is 31.5. The lowest BCUT2D eigenvalue weighted by molar-refractivity contribution is -0.136. The van der Waals surface area contributed by atoms with E-state index in [0.29, 0.717) is 38.5 Å². The van der Waals surface area contributed by atoms with E-state index in [1.165, 1.54) is 44.2 Å². The average molecular weight is 585 g/mol. The Bertz CT molecular complexity index is 1040. The molecule has 0 spiro atoms. The summed E-state index contributed by atoms with van der Waals surface area (Å²) in [5.41, 5.74) is 0.576. The van der Waals surface area contributed by atoms with Gasteiger partial charge in [-0.1, -0.05) is 45.2 Å². The van der Waals surface area contributed by atoms with E-state index in [1.54, 1.807) is 12.1 Å². The molecule has 0 aromatic heterocycles. The van der Waals surface area contributed by atoms with Crippen LogP contribution < -0.4 is 10.6 Å². The molecule has 42 heavy (non-hydrogen) atoms. The van der Waals surface area contributed by atoms with E-state index in [2.05, 4.69) is 24.5 Å². The number of urea groups is 1. The van der Waals surface area contributed by atoms with Crippen molar-refractivity contribution in [1.29, 1.82) is 0 Å². The van der Waals surface area contributed by atoms with Crippen molar-refractivity contribution in [2.75, 3.05) is 26.2 Å². The van der Waals surface area contributed by atoms with Crippen molar-refractivity contribution in [2.24, 2.45) is 11.3 Å². The second kappa shape index (κ2) is 13.6. The Morgan fingerprint density at radius 1 is 0.952 bits per heavy atom. The van der Waals surface area contributed by atoms with E-state index in [-0.39, 0.29) is 35.3 Å². The van der Waals surface area contributed by atoms with Crippen LogP contribution in [-0.4, -0.2) is 76.8 Å². The molecule has 3 atom stereocenters. The zero-order valence-electron chi connectivity index (χ0n) is 25.9. The lowest BCUT2D eigenvalue weighted by Gasteiger charge is -2.49. The molecule has 2 saturated carbocycles. The fourth-order valence-electron chi connectivity index (χ4n) is 7.85. The van der Waals surface area contributed by atoms with Crippen LogP contribution in [0.4, 0.5) is 9.18 Å². The number of carbonyl (C=O) groups excluding carboxylic acids is 2. The van der Waals surface area contributed by atoms with E-state index in [0.717, 1.165) is 56.9 Å². The summed E-state index contributed by atoms with van der Waals surface area (Å²) >= 11 is 0. The summed E-state index contributed by atoms with van der Waals surface area (Å²) in [7, 11) is 0. The number of nitrogens with zero attached hydrogens (tertiary/aromatic N) is 2. The molecule has 4 fully saturated rings. The van der Waals surface area contributed by atoms with Gasteiger partial charge < -0.3 is 25.5 Å². The molecule has 234 valence electrons. The van der Waals surface area contributed by atoms with Gasteiger partial charge in [-0.3, -0.25) is 4.79 Å². The first kappa shape index (κ1) is 31.2. The smallest absolute Gasteiger partial charge is 0.318 e. The molecule has 7 nitrogen and oxygen atoms in total. The van der Waals surface area contributed by atoms with Gasteiger partial charge in [0.25, 0.3) is 0 Å². The van der Waals surface area contributed by atoms with Crippen molar-refractivity contribution >= 4 is 11.9 Å². The number of piperazine rings is 1. The van der Waals surface area contributed by atoms with E-state index in [1.807, 2.05) is 9.80 Å². The number of likely N-dealkylation sites (tertiary alicyclic amines) is 1. The Balaban J connectivity index is 1.28. The molecule has 1 aromatic carbocycles. The van der Waals surface area contributed by atoms with E-state index in [9.17, 15) is 19.1 Å². The number of aliphatic hydroxyl groups is 1. The number of carbonyl (C=O) groups is 2. The van der Waals surface area contributed by atoms with Crippen molar-refractivity contribution in [2.45, 2.75) is 127 Å². The summed E-state index contributed by atoms with van der Waals surface area (Å²) < 4.78 is 13.7. The van der Waals surface area contributed by atoms with Crippen LogP contribution in [0.1, 0.15) is 103 Å². The summed E-state index contributed by atoms with van der Waals surface area (Å²) in [6, 6.07) is 5.83. The molecule has 2 heterocycles. The van der Waals surface area contributed by atoms with Crippen molar-refractivity contribution in [3.8, 4) is 0 Å². The van der Waals surface area contributed by atoms with E-state index in [4.69, 9.17) is 0 Å². The first-order chi connectivity index (χ1) is 20.2. The monoisotopic (exact) mass is 584 g/mol. The van der Waals surface area contributed by atoms with Gasteiger partial charge in [0, 0.05) is 44.7 Å². The molecule has 4 aliphatic rings. The lowest BCUT2D eigenvalue weighted by atomic mass is 9.61. The molecule has 2 unspecified atom stereocenters. The van der Waals surface area contributed by atoms with Gasteiger partial charge in [0.05, 0.1) is 5.60 Å². The molecule has 2 aliphatic carbocycles. The minimum absolute atomic E-state index is 0.0417. The van der Waals surface area contributed by atoms with Gasteiger partial charge in [0.15, 0.2) is 0 Å². The third-order valence-corrected chi connectivity index (χ3v) is 11.0. The SMILES string of the molecule is CCC1CN(C(=O)N[C@H](Cc2ccc(F)cc2)C(=O)N2CCC(CCC3(O)CC3)(C3CCCCC3)CC2)CC(CC)N1. The van der Waals surface area contributed by atoms with Gasteiger partial charge in [0.1, 0.15) is 11.9 Å². The Labute approximate surface area is 252 Å². The van der Waals surface area contributed by atoms with Crippen molar-refractivity contribution in [1.82, 2.24) is 20.4 Å². The van der Waals surface area contributed by atoms with Crippen molar-refractivity contribution < 1.29 is 19.1 Å². The van der Waals surface area contributed by atoms with Crippen LogP contribution in [0.2, 0.25) is 0 Å². The number of rotatable bonds is 10. The highest BCUT2D eigenvalue weighted by molar-refractivity contribution is 5.87. The van der Waals surface area contributed by atoms with Gasteiger partial charge >= 0.3 is 6.03 Å². The molecule has 5 rings (SSSR count). The van der Waals surface area contributed by atoms with Crippen molar-refractivity contribution in [3.63, 3.8) is 0 Å². The predicted molar refractivity (Wildman–Crippen MR) is 164 cm³/mol. The van der Waals surface area contributed by atoms with Crippen LogP contribution in [-0.2, 0) is 11.2 Å². The van der Waals surface area contributed by atoms with Crippen molar-refractivity contribution in [3.05, 3.63) is 35.6 Å². The number of hydrogen-bond acceptors (Lipinski definition) is 4. The molecule has 2 saturated heterocycles. The summed E-state index contributed by atoms with van der Waals surface area (Å²) in [6.07, 6.45) is 14.3. The maximum Gasteiger partial charge on any atom is 0.318 e. The van der Waals surface area contributed by atoms with Crippen LogP contribution >= 0.6 is 0 Å². The van der Waals surface area contributed by atoms with Crippen LogP contribution in [0, 0.1) is 17.2 Å². The Hall–Kier alpha value is -2.19. The molecule has 0 bridgehead atoms. The third-order valence-electron chi connectivity index (χ3n) is 11.0. The quantitative estimate of drug-likeness (QED) is 0.344. The number of piperidine rings is 1. The maximum absolute atomic E-state index is 14.1. The Kier molecular flexibility index (Phi) is 10.1. The third kappa shape index (κ3) is 7.65. The zero-order valence-corrected chi connectivity index (χ0v) is 25.9. The first-order valence-corrected chi connectivity index (χ1v) is 16.8. The molecule has 8 heteroatoms. The average Bonchev–Trinajstić information content (AvgIpc) is 3.77. The lowest BCUT2D eigenvalue weighted by Crippen LogP contribution is -2.62. The predicted octanol–water partition coefficient (Wildman–Crippen LogP) is 5.40. The first-order valence-electron chi connectivity index (χ1n) is 16.8. The van der Waals surface area contributed by atoms with Crippen LogP contribution in [0.3, 0.4) is 0 Å². The molecule has 3 N–H and O–H groups in total. The maximum atomic E-state index is 14.1. The molecular formula is C34H53FN4O3. The Morgan fingerprint density at radius 2 is 1.57 bits per heavy atom. The molecule has 3 amide bonds. The van der Waals surface area contributed by atoms with Gasteiger partial charge in [-0.15, -0.1) is 0 Å². The highest BCUT2D eigenvalue weighted by Gasteiger charge is 2.47. The molecule has 2 aliphatic heterocycles. The normalized spacial score (nSPS) is 26.5.